The predicted octanol–water partition coefficient (Wildman–Crippen LogP) is 4.79. The third kappa shape index (κ3) is 12.9. The van der Waals surface area contributed by atoms with Crippen molar-refractivity contribution in [1.82, 2.24) is 9.97 Å². The van der Waals surface area contributed by atoms with Gasteiger partial charge >= 0.3 is 0 Å². The van der Waals surface area contributed by atoms with E-state index in [2.05, 4.69) is 28.2 Å². The fraction of sp³-hybridized carbons (Fsp3) is 0.355. The van der Waals surface area contributed by atoms with Gasteiger partial charge in [0, 0.05) is 78.0 Å². The quantitative estimate of drug-likeness (QED) is 0.255. The standard InChI is InChI=1S/C11H6F2N.C10H8N.C10H22O4.2Pt/c12-8-4-5-9(10(13)7-8)11-3-1-2-6-14-11;1-2-6-9(5-1)10-7-3-4-8-11-10;1-5(11)9(6(2)12)10(7(3)13)8(4)14;;/h1-4,6-7H;1-4,7-8H,5H2;5-14H,1-4H3;;/q2*-1;;;. The van der Waals surface area contributed by atoms with Gasteiger partial charge in [0.2, 0.25) is 0 Å². The maximum atomic E-state index is 13.2. The Morgan fingerprint density at radius 3 is 1.61 bits per heavy atom. The fourth-order valence-electron chi connectivity index (χ4n) is 4.36. The predicted molar refractivity (Wildman–Crippen MR) is 147 cm³/mol. The van der Waals surface area contributed by atoms with Crippen molar-refractivity contribution in [3.63, 3.8) is 0 Å². The number of allylic oxidation sites excluding steroid dienone is 4. The van der Waals surface area contributed by atoms with Crippen molar-refractivity contribution in [3.8, 4) is 11.3 Å². The van der Waals surface area contributed by atoms with Crippen molar-refractivity contribution >= 4 is 5.57 Å². The number of hydrogen-bond acceptors (Lipinski definition) is 6. The van der Waals surface area contributed by atoms with Crippen LogP contribution in [0.5, 0.6) is 0 Å². The van der Waals surface area contributed by atoms with Gasteiger partial charge in [-0.2, -0.15) is 18.2 Å². The van der Waals surface area contributed by atoms with Gasteiger partial charge in [0.25, 0.3) is 0 Å². The molecule has 4 unspecified atom stereocenters. The van der Waals surface area contributed by atoms with E-state index in [0.717, 1.165) is 24.2 Å². The topological polar surface area (TPSA) is 107 Å². The summed E-state index contributed by atoms with van der Waals surface area (Å²) in [5, 5.41) is 37.9. The Hall–Kier alpha value is -1.92. The van der Waals surface area contributed by atoms with E-state index in [1.807, 2.05) is 30.5 Å². The molecule has 0 saturated carbocycles. The van der Waals surface area contributed by atoms with Crippen molar-refractivity contribution in [2.24, 2.45) is 11.8 Å². The molecule has 2 aromatic heterocycles. The minimum atomic E-state index is -0.760. The van der Waals surface area contributed by atoms with Crippen LogP contribution in [0.4, 0.5) is 8.78 Å². The van der Waals surface area contributed by atoms with Gasteiger partial charge in [0.15, 0.2) is 0 Å². The number of aliphatic hydroxyl groups excluding tert-OH is 4. The third-order valence-electron chi connectivity index (χ3n) is 6.12. The molecule has 1 aliphatic rings. The van der Waals surface area contributed by atoms with Crippen LogP contribution in [0, 0.1) is 35.6 Å². The number of aliphatic hydroxyl groups is 4. The second-order valence-corrected chi connectivity index (χ2v) is 9.32. The molecule has 230 valence electrons. The number of benzene rings is 1. The number of pyridine rings is 2. The van der Waals surface area contributed by atoms with Crippen LogP contribution in [0.1, 0.15) is 39.8 Å². The first-order chi connectivity index (χ1) is 18.5. The summed E-state index contributed by atoms with van der Waals surface area (Å²) >= 11 is 0. The Kier molecular flexibility index (Phi) is 19.1. The Bertz CT molecular complexity index is 1160. The molecule has 0 fully saturated rings. The first-order valence-electron chi connectivity index (χ1n) is 12.7. The Morgan fingerprint density at radius 2 is 1.24 bits per heavy atom. The molecule has 0 saturated heterocycles. The molecule has 0 aliphatic heterocycles. The van der Waals surface area contributed by atoms with Crippen LogP contribution in [0.2, 0.25) is 0 Å². The van der Waals surface area contributed by atoms with Crippen molar-refractivity contribution in [1.29, 1.82) is 0 Å². The van der Waals surface area contributed by atoms with Gasteiger partial charge in [0.05, 0.1) is 24.4 Å². The van der Waals surface area contributed by atoms with E-state index in [-0.39, 0.29) is 47.7 Å². The molecule has 6 nitrogen and oxygen atoms in total. The zero-order valence-electron chi connectivity index (χ0n) is 23.2. The molecule has 0 bridgehead atoms. The summed E-state index contributed by atoms with van der Waals surface area (Å²) in [4.78, 5) is 8.17. The Balaban J connectivity index is 0.000000575. The minimum absolute atomic E-state index is 0. The number of nitrogens with zero attached hydrogens (tertiary/aromatic N) is 2. The van der Waals surface area contributed by atoms with Crippen LogP contribution < -0.4 is 0 Å². The van der Waals surface area contributed by atoms with Crippen molar-refractivity contribution < 1.29 is 71.3 Å². The van der Waals surface area contributed by atoms with E-state index in [1.165, 1.54) is 5.57 Å². The molecule has 2 heterocycles. The molecule has 0 spiro atoms. The van der Waals surface area contributed by atoms with Gasteiger partial charge in [-0.15, -0.1) is 17.7 Å². The van der Waals surface area contributed by atoms with Crippen molar-refractivity contribution in [3.05, 3.63) is 103 Å². The summed E-state index contributed by atoms with van der Waals surface area (Å²) in [7, 11) is 0. The SMILES string of the molecule is CC(O)C(C(C)O)C(C(C)O)C(C)O.Fc1c[c-]c(-c2ccccn2)c(F)c1.[C-]1=C(c2ccccn2)CC=C1.[Pt].[Pt]. The summed E-state index contributed by atoms with van der Waals surface area (Å²) in [6, 6.07) is 15.5. The van der Waals surface area contributed by atoms with Gasteiger partial charge in [-0.25, -0.2) is 0 Å². The minimum Gasteiger partial charge on any atom is -0.393 e. The Labute approximate surface area is 269 Å². The molecule has 10 heteroatoms. The average molecular weight is 929 g/mol. The van der Waals surface area contributed by atoms with Crippen LogP contribution in [0.15, 0.2) is 73.1 Å². The summed E-state index contributed by atoms with van der Waals surface area (Å²) in [6.45, 7) is 6.20. The molecule has 0 amide bonds. The van der Waals surface area contributed by atoms with E-state index >= 15 is 0 Å². The number of aromatic nitrogens is 2. The average Bonchev–Trinajstić information content (AvgIpc) is 3.43. The number of halogens is 2. The van der Waals surface area contributed by atoms with E-state index in [4.69, 9.17) is 0 Å². The maximum Gasteiger partial charge on any atom is 0.0569 e. The molecule has 4 N–H and O–H groups in total. The van der Waals surface area contributed by atoms with E-state index in [1.54, 1.807) is 52.1 Å². The van der Waals surface area contributed by atoms with Crippen LogP contribution >= 0.6 is 0 Å². The molecule has 1 aromatic carbocycles. The van der Waals surface area contributed by atoms with Crippen LogP contribution in [0.25, 0.3) is 16.8 Å². The molecule has 4 rings (SSSR count). The second-order valence-electron chi connectivity index (χ2n) is 9.32. The van der Waals surface area contributed by atoms with E-state index in [0.29, 0.717) is 5.69 Å². The molecule has 1 aliphatic carbocycles. The molecule has 4 atom stereocenters. The molecular weight excluding hydrogens is 893 g/mol. The summed E-state index contributed by atoms with van der Waals surface area (Å²) in [5.41, 5.74) is 2.86. The molecule has 0 radical (unpaired) electrons. The maximum absolute atomic E-state index is 13.2. The summed E-state index contributed by atoms with van der Waals surface area (Å²) in [6.07, 6.45) is 8.47. The van der Waals surface area contributed by atoms with Gasteiger partial charge in [-0.05, 0) is 51.2 Å². The zero-order valence-corrected chi connectivity index (χ0v) is 27.7. The van der Waals surface area contributed by atoms with Gasteiger partial charge < -0.3 is 30.4 Å². The van der Waals surface area contributed by atoms with Crippen LogP contribution in [-0.2, 0) is 42.1 Å². The van der Waals surface area contributed by atoms with Crippen molar-refractivity contribution in [2.45, 2.75) is 58.5 Å². The fourth-order valence-corrected chi connectivity index (χ4v) is 4.36. The smallest absolute Gasteiger partial charge is 0.0569 e. The van der Waals surface area contributed by atoms with Gasteiger partial charge in [0.1, 0.15) is 0 Å². The number of hydrogen-bond donors (Lipinski definition) is 4. The molecule has 3 aromatic rings. The first-order valence-corrected chi connectivity index (χ1v) is 12.7. The van der Waals surface area contributed by atoms with Gasteiger partial charge in [-0.1, -0.05) is 42.3 Å². The largest absolute Gasteiger partial charge is 0.393 e. The summed E-state index contributed by atoms with van der Waals surface area (Å²) < 4.78 is 25.8. The number of rotatable bonds is 7. The van der Waals surface area contributed by atoms with Crippen LogP contribution in [-0.4, -0.2) is 54.8 Å². The normalized spacial score (nSPS) is 16.0. The second kappa shape index (κ2) is 20.1. The van der Waals surface area contributed by atoms with Crippen molar-refractivity contribution in [2.75, 3.05) is 0 Å². The molecular formula is C31H36F2N2O4Pt2-2. The third-order valence-corrected chi connectivity index (χ3v) is 6.12. The van der Waals surface area contributed by atoms with E-state index in [9.17, 15) is 29.2 Å². The van der Waals surface area contributed by atoms with Gasteiger partial charge in [-0.3, -0.25) is 8.78 Å². The van der Waals surface area contributed by atoms with E-state index < -0.39 is 47.9 Å². The monoisotopic (exact) mass is 928 g/mol. The molecule has 41 heavy (non-hydrogen) atoms. The zero-order chi connectivity index (χ0) is 28.9. The van der Waals surface area contributed by atoms with Crippen LogP contribution in [0.3, 0.4) is 0 Å². The first kappa shape index (κ1) is 39.1. The Morgan fingerprint density at radius 1 is 0.756 bits per heavy atom. The summed E-state index contributed by atoms with van der Waals surface area (Å²) in [5.74, 6) is -2.32.